The summed E-state index contributed by atoms with van der Waals surface area (Å²) in [4.78, 5) is 3.60. The monoisotopic (exact) mass is 490 g/mol. The van der Waals surface area contributed by atoms with E-state index in [2.05, 4.69) is 25.6 Å². The molecule has 1 aromatic heterocycles. The fourth-order valence-corrected chi connectivity index (χ4v) is 4.18. The number of pyridine rings is 1. The Labute approximate surface area is 142 Å². The Bertz CT molecular complexity index is 773. The van der Waals surface area contributed by atoms with E-state index in [1.165, 1.54) is 30.5 Å². The quantitative estimate of drug-likeness (QED) is 0.521. The van der Waals surface area contributed by atoms with E-state index in [1.54, 1.807) is 0 Å². The van der Waals surface area contributed by atoms with Gasteiger partial charge in [0.1, 0.15) is 15.9 Å². The fourth-order valence-electron chi connectivity index (χ4n) is 1.36. The topological polar surface area (TPSA) is 59.1 Å². The summed E-state index contributed by atoms with van der Waals surface area (Å²) in [6, 6.07) is 5.07. The predicted molar refractivity (Wildman–Crippen MR) is 86.9 cm³/mol. The zero-order valence-corrected chi connectivity index (χ0v) is 14.9. The molecule has 1 heterocycles. The molecule has 4 nitrogen and oxygen atoms in total. The van der Waals surface area contributed by atoms with Gasteiger partial charge in [-0.2, -0.15) is 0 Å². The average molecular weight is 492 g/mol. The van der Waals surface area contributed by atoms with Crippen molar-refractivity contribution in [3.63, 3.8) is 0 Å². The number of aromatic nitrogens is 1. The van der Waals surface area contributed by atoms with Gasteiger partial charge in [-0.25, -0.2) is 17.8 Å². The van der Waals surface area contributed by atoms with Crippen molar-refractivity contribution in [3.8, 4) is 0 Å². The summed E-state index contributed by atoms with van der Waals surface area (Å²) in [5.41, 5.74) is 0.267. The molecule has 0 aliphatic rings. The van der Waals surface area contributed by atoms with Crippen LogP contribution in [0.1, 0.15) is 0 Å². The molecule has 0 aliphatic heterocycles. The first kappa shape index (κ1) is 15.9. The minimum absolute atomic E-state index is 0.141. The van der Waals surface area contributed by atoms with Crippen LogP contribution in [0.15, 0.2) is 39.8 Å². The van der Waals surface area contributed by atoms with Crippen LogP contribution in [0.25, 0.3) is 0 Å². The summed E-state index contributed by atoms with van der Waals surface area (Å²) in [6.45, 7) is 0. The number of benzene rings is 1. The van der Waals surface area contributed by atoms with E-state index >= 15 is 0 Å². The van der Waals surface area contributed by atoms with E-state index in [1.807, 2.05) is 22.6 Å². The van der Waals surface area contributed by atoms with E-state index in [4.69, 9.17) is 11.6 Å². The number of hydrogen-bond donors (Lipinski definition) is 1. The molecule has 0 unspecified atom stereocenters. The molecule has 0 fully saturated rings. The third-order valence-corrected chi connectivity index (χ3v) is 5.36. The molecule has 0 atom stereocenters. The van der Waals surface area contributed by atoms with E-state index in [0.29, 0.717) is 8.04 Å². The highest BCUT2D eigenvalue weighted by molar-refractivity contribution is 14.1. The smallest absolute Gasteiger partial charge is 0.265 e. The SMILES string of the molecule is O=S(=O)(Nc1ccc(F)cc1I)c1cc(Br)cnc1Cl. The predicted octanol–water partition coefficient (Wildman–Crippen LogP) is 4.04. The molecular weight excluding hydrogens is 485 g/mol. The molecule has 2 aromatic rings. The van der Waals surface area contributed by atoms with Gasteiger partial charge in [0.15, 0.2) is 0 Å². The molecule has 0 amide bonds. The Morgan fingerprint density at radius 2 is 2.05 bits per heavy atom. The third-order valence-electron chi connectivity index (χ3n) is 2.24. The molecule has 0 radical (unpaired) electrons. The van der Waals surface area contributed by atoms with Crippen LogP contribution in [0.4, 0.5) is 10.1 Å². The Morgan fingerprint density at radius 1 is 1.35 bits per heavy atom. The van der Waals surface area contributed by atoms with Crippen molar-refractivity contribution in [2.75, 3.05) is 4.72 Å². The lowest BCUT2D eigenvalue weighted by molar-refractivity contribution is 0.600. The van der Waals surface area contributed by atoms with Gasteiger partial charge in [0.05, 0.1) is 5.69 Å². The maximum Gasteiger partial charge on any atom is 0.265 e. The van der Waals surface area contributed by atoms with Crippen LogP contribution in [0, 0.1) is 9.39 Å². The maximum absolute atomic E-state index is 13.0. The highest BCUT2D eigenvalue weighted by Gasteiger charge is 2.20. The largest absolute Gasteiger partial charge is 0.278 e. The van der Waals surface area contributed by atoms with Crippen molar-refractivity contribution in [2.24, 2.45) is 0 Å². The number of anilines is 1. The van der Waals surface area contributed by atoms with Gasteiger partial charge in [-0.1, -0.05) is 11.6 Å². The standard InChI is InChI=1S/C11H6BrClFIN2O2S/c12-6-3-10(11(13)16-5-6)20(18,19)17-9-2-1-7(14)4-8(9)15/h1-5,17H. The van der Waals surface area contributed by atoms with Crippen LogP contribution in [0.3, 0.4) is 0 Å². The molecule has 0 saturated heterocycles. The molecule has 0 saturated carbocycles. The second-order valence-electron chi connectivity index (χ2n) is 3.67. The first-order valence-electron chi connectivity index (χ1n) is 5.08. The number of hydrogen-bond acceptors (Lipinski definition) is 3. The van der Waals surface area contributed by atoms with E-state index in [-0.39, 0.29) is 15.7 Å². The average Bonchev–Trinajstić information content (AvgIpc) is 2.35. The maximum atomic E-state index is 13.0. The van der Waals surface area contributed by atoms with Crippen LogP contribution in [-0.2, 0) is 10.0 Å². The van der Waals surface area contributed by atoms with Crippen LogP contribution in [0.2, 0.25) is 5.15 Å². The van der Waals surface area contributed by atoms with Crippen LogP contribution >= 0.6 is 50.1 Å². The van der Waals surface area contributed by atoms with Gasteiger partial charge < -0.3 is 0 Å². The van der Waals surface area contributed by atoms with Crippen molar-refractivity contribution in [3.05, 3.63) is 49.5 Å². The lowest BCUT2D eigenvalue weighted by Gasteiger charge is -2.10. The molecule has 20 heavy (non-hydrogen) atoms. The van der Waals surface area contributed by atoms with E-state index in [0.717, 1.165) is 0 Å². The lowest BCUT2D eigenvalue weighted by atomic mass is 10.3. The first-order valence-corrected chi connectivity index (χ1v) is 8.82. The normalized spacial score (nSPS) is 11.4. The van der Waals surface area contributed by atoms with Crippen LogP contribution in [-0.4, -0.2) is 13.4 Å². The van der Waals surface area contributed by atoms with Gasteiger partial charge in [0.25, 0.3) is 10.0 Å². The molecule has 0 spiro atoms. The van der Waals surface area contributed by atoms with Gasteiger partial charge in [0, 0.05) is 14.2 Å². The Kier molecular flexibility index (Phi) is 4.88. The Hall–Kier alpha value is -0.450. The molecule has 1 aromatic carbocycles. The zero-order chi connectivity index (χ0) is 14.9. The molecule has 2 rings (SSSR count). The van der Waals surface area contributed by atoms with Crippen molar-refractivity contribution >= 4 is 65.8 Å². The lowest BCUT2D eigenvalue weighted by Crippen LogP contribution is -2.15. The molecular formula is C11H6BrClFIN2O2S. The highest BCUT2D eigenvalue weighted by Crippen LogP contribution is 2.27. The minimum Gasteiger partial charge on any atom is -0.278 e. The van der Waals surface area contributed by atoms with Gasteiger partial charge in [0.2, 0.25) is 0 Å². The second kappa shape index (κ2) is 6.12. The summed E-state index contributed by atoms with van der Waals surface area (Å²) in [5, 5.41) is -0.141. The van der Waals surface area contributed by atoms with Gasteiger partial charge in [-0.3, -0.25) is 4.72 Å². The summed E-state index contributed by atoms with van der Waals surface area (Å²) in [7, 11) is -3.90. The van der Waals surface area contributed by atoms with Gasteiger partial charge in [-0.05, 0) is 62.8 Å². The van der Waals surface area contributed by atoms with Crippen molar-refractivity contribution in [2.45, 2.75) is 4.90 Å². The fraction of sp³-hybridized carbons (Fsp3) is 0. The summed E-state index contributed by atoms with van der Waals surface area (Å²) in [6.07, 6.45) is 1.39. The molecule has 9 heteroatoms. The number of nitrogens with zero attached hydrogens (tertiary/aromatic N) is 1. The van der Waals surface area contributed by atoms with E-state index in [9.17, 15) is 12.8 Å². The van der Waals surface area contributed by atoms with Crippen molar-refractivity contribution < 1.29 is 12.8 Å². The number of nitrogens with one attached hydrogen (secondary N) is 1. The van der Waals surface area contributed by atoms with Gasteiger partial charge >= 0.3 is 0 Å². The first-order chi connectivity index (χ1) is 9.29. The second-order valence-corrected chi connectivity index (χ2v) is 7.76. The van der Waals surface area contributed by atoms with Gasteiger partial charge in [-0.15, -0.1) is 0 Å². The molecule has 0 aliphatic carbocycles. The zero-order valence-electron chi connectivity index (χ0n) is 9.57. The van der Waals surface area contributed by atoms with Crippen molar-refractivity contribution in [1.29, 1.82) is 0 Å². The summed E-state index contributed by atoms with van der Waals surface area (Å²) < 4.78 is 40.8. The number of rotatable bonds is 3. The Balaban J connectivity index is 2.43. The third kappa shape index (κ3) is 3.60. The summed E-state index contributed by atoms with van der Waals surface area (Å²) >= 11 is 10.8. The van der Waals surface area contributed by atoms with E-state index < -0.39 is 15.8 Å². The molecule has 106 valence electrons. The number of halogens is 4. The Morgan fingerprint density at radius 3 is 2.70 bits per heavy atom. The number of sulfonamides is 1. The molecule has 1 N–H and O–H groups in total. The minimum atomic E-state index is -3.90. The molecule has 0 bridgehead atoms. The van der Waals surface area contributed by atoms with Crippen LogP contribution < -0.4 is 4.72 Å². The van der Waals surface area contributed by atoms with Crippen LogP contribution in [0.5, 0.6) is 0 Å². The highest BCUT2D eigenvalue weighted by atomic mass is 127. The summed E-state index contributed by atoms with van der Waals surface area (Å²) in [5.74, 6) is -0.445. The van der Waals surface area contributed by atoms with Crippen molar-refractivity contribution in [1.82, 2.24) is 4.98 Å².